The van der Waals surface area contributed by atoms with Crippen molar-refractivity contribution in [1.29, 1.82) is 0 Å². The quantitative estimate of drug-likeness (QED) is 0.792. The maximum atomic E-state index is 4.39. The van der Waals surface area contributed by atoms with Crippen LogP contribution in [0.1, 0.15) is 38.0 Å². The predicted octanol–water partition coefficient (Wildman–Crippen LogP) is 1.45. The number of aryl methyl sites for hydroxylation is 2. The Morgan fingerprint density at radius 3 is 2.43 bits per heavy atom. The average Bonchev–Trinajstić information content (AvgIpc) is 2.47. The molecule has 14 heavy (non-hydrogen) atoms. The van der Waals surface area contributed by atoms with Gasteiger partial charge in [0.05, 0.1) is 6.04 Å². The molecule has 0 aliphatic carbocycles. The monoisotopic (exact) mass is 196 g/mol. The van der Waals surface area contributed by atoms with Gasteiger partial charge in [0.25, 0.3) is 0 Å². The third-order valence-electron chi connectivity index (χ3n) is 2.69. The van der Waals surface area contributed by atoms with Crippen molar-refractivity contribution in [1.82, 2.24) is 20.1 Å². The van der Waals surface area contributed by atoms with Gasteiger partial charge in [-0.1, -0.05) is 6.92 Å². The van der Waals surface area contributed by atoms with Crippen LogP contribution in [-0.2, 0) is 0 Å². The fraction of sp³-hybridized carbons (Fsp3) is 0.800. The van der Waals surface area contributed by atoms with E-state index in [-0.39, 0.29) is 0 Å². The highest BCUT2D eigenvalue weighted by atomic mass is 15.4. The minimum atomic E-state index is 0.353. The standard InChI is InChI=1S/C10H20N4/c1-6-10(11-5)7(2)14-9(4)12-8(3)13-14/h7,10-11H,6H2,1-5H3. The SMILES string of the molecule is CCC(NC)C(C)n1nc(C)nc1C. The summed E-state index contributed by atoms with van der Waals surface area (Å²) in [6.07, 6.45) is 1.09. The molecule has 0 aliphatic rings. The van der Waals surface area contributed by atoms with Gasteiger partial charge in [0, 0.05) is 6.04 Å². The van der Waals surface area contributed by atoms with E-state index in [2.05, 4.69) is 29.2 Å². The smallest absolute Gasteiger partial charge is 0.147 e. The van der Waals surface area contributed by atoms with E-state index in [4.69, 9.17) is 0 Å². The van der Waals surface area contributed by atoms with E-state index in [9.17, 15) is 0 Å². The molecule has 0 spiro atoms. The van der Waals surface area contributed by atoms with Crippen LogP contribution < -0.4 is 5.32 Å². The van der Waals surface area contributed by atoms with Crippen molar-refractivity contribution in [3.8, 4) is 0 Å². The van der Waals surface area contributed by atoms with E-state index in [0.717, 1.165) is 18.1 Å². The van der Waals surface area contributed by atoms with Gasteiger partial charge >= 0.3 is 0 Å². The van der Waals surface area contributed by atoms with Gasteiger partial charge in [0.2, 0.25) is 0 Å². The normalized spacial score (nSPS) is 15.5. The number of hydrogen-bond acceptors (Lipinski definition) is 3. The lowest BCUT2D eigenvalue weighted by Crippen LogP contribution is -2.34. The number of likely N-dealkylation sites (N-methyl/N-ethyl adjacent to an activating group) is 1. The van der Waals surface area contributed by atoms with E-state index in [0.29, 0.717) is 12.1 Å². The molecule has 2 atom stereocenters. The lowest BCUT2D eigenvalue weighted by molar-refractivity contribution is 0.349. The second-order valence-corrected chi connectivity index (χ2v) is 3.69. The van der Waals surface area contributed by atoms with Crippen LogP contribution in [0.3, 0.4) is 0 Å². The van der Waals surface area contributed by atoms with Gasteiger partial charge < -0.3 is 5.32 Å². The highest BCUT2D eigenvalue weighted by Crippen LogP contribution is 2.14. The zero-order valence-corrected chi connectivity index (χ0v) is 9.70. The van der Waals surface area contributed by atoms with Crippen LogP contribution in [0.5, 0.6) is 0 Å². The van der Waals surface area contributed by atoms with Crippen LogP contribution in [0.2, 0.25) is 0 Å². The molecule has 0 bridgehead atoms. The molecule has 1 N–H and O–H groups in total. The molecule has 1 aromatic rings. The summed E-state index contributed by atoms with van der Waals surface area (Å²) in [6, 6.07) is 0.806. The summed E-state index contributed by atoms with van der Waals surface area (Å²) in [5, 5.41) is 7.69. The number of hydrogen-bond donors (Lipinski definition) is 1. The number of nitrogens with one attached hydrogen (secondary N) is 1. The molecule has 0 saturated carbocycles. The molecule has 1 aromatic heterocycles. The summed E-state index contributed by atoms with van der Waals surface area (Å²) in [5.41, 5.74) is 0. The molecule has 0 radical (unpaired) electrons. The van der Waals surface area contributed by atoms with Gasteiger partial charge in [-0.3, -0.25) is 0 Å². The number of aromatic nitrogens is 3. The lowest BCUT2D eigenvalue weighted by Gasteiger charge is -2.22. The molecule has 4 heteroatoms. The Labute approximate surface area is 85.7 Å². The molecule has 0 fully saturated rings. The molecule has 80 valence electrons. The van der Waals surface area contributed by atoms with E-state index < -0.39 is 0 Å². The van der Waals surface area contributed by atoms with Crippen LogP contribution >= 0.6 is 0 Å². The Morgan fingerprint density at radius 1 is 1.43 bits per heavy atom. The molecular formula is C10H20N4. The van der Waals surface area contributed by atoms with Crippen LogP contribution in [0.25, 0.3) is 0 Å². The van der Waals surface area contributed by atoms with Gasteiger partial charge in [0.15, 0.2) is 0 Å². The van der Waals surface area contributed by atoms with Crippen molar-refractivity contribution >= 4 is 0 Å². The maximum Gasteiger partial charge on any atom is 0.147 e. The fourth-order valence-corrected chi connectivity index (χ4v) is 1.88. The Balaban J connectivity index is 2.87. The van der Waals surface area contributed by atoms with Crippen molar-refractivity contribution in [2.45, 2.75) is 46.2 Å². The molecular weight excluding hydrogens is 176 g/mol. The summed E-state index contributed by atoms with van der Waals surface area (Å²) < 4.78 is 2.00. The molecule has 0 amide bonds. The maximum absolute atomic E-state index is 4.39. The van der Waals surface area contributed by atoms with Crippen molar-refractivity contribution < 1.29 is 0 Å². The molecule has 2 unspecified atom stereocenters. The Morgan fingerprint density at radius 2 is 2.07 bits per heavy atom. The molecule has 1 rings (SSSR count). The molecule has 0 aromatic carbocycles. The average molecular weight is 196 g/mol. The van der Waals surface area contributed by atoms with Crippen molar-refractivity contribution in [2.75, 3.05) is 7.05 Å². The predicted molar refractivity (Wildman–Crippen MR) is 57.3 cm³/mol. The van der Waals surface area contributed by atoms with Crippen molar-refractivity contribution in [2.24, 2.45) is 0 Å². The zero-order chi connectivity index (χ0) is 10.7. The summed E-state index contributed by atoms with van der Waals surface area (Å²) in [6.45, 7) is 8.28. The third kappa shape index (κ3) is 2.12. The first-order valence-corrected chi connectivity index (χ1v) is 5.17. The van der Waals surface area contributed by atoms with Crippen molar-refractivity contribution in [3.05, 3.63) is 11.6 Å². The van der Waals surface area contributed by atoms with Crippen LogP contribution in [-0.4, -0.2) is 27.9 Å². The van der Waals surface area contributed by atoms with Crippen LogP contribution in [0.15, 0.2) is 0 Å². The highest BCUT2D eigenvalue weighted by molar-refractivity contribution is 4.91. The fourth-order valence-electron chi connectivity index (χ4n) is 1.88. The summed E-state index contributed by atoms with van der Waals surface area (Å²) in [7, 11) is 1.99. The van der Waals surface area contributed by atoms with E-state index in [1.54, 1.807) is 0 Å². The van der Waals surface area contributed by atoms with Crippen LogP contribution in [0.4, 0.5) is 0 Å². The third-order valence-corrected chi connectivity index (χ3v) is 2.69. The first-order chi connectivity index (χ1) is 6.60. The topological polar surface area (TPSA) is 42.7 Å². The minimum absolute atomic E-state index is 0.353. The first kappa shape index (κ1) is 11.2. The molecule has 4 nitrogen and oxygen atoms in total. The lowest BCUT2D eigenvalue weighted by atomic mass is 10.1. The Hall–Kier alpha value is -0.900. The van der Waals surface area contributed by atoms with Gasteiger partial charge in [0.1, 0.15) is 11.6 Å². The van der Waals surface area contributed by atoms with E-state index in [1.807, 2.05) is 25.6 Å². The summed E-state index contributed by atoms with van der Waals surface area (Å²) in [5.74, 6) is 1.84. The summed E-state index contributed by atoms with van der Waals surface area (Å²) in [4.78, 5) is 4.31. The molecule has 0 aliphatic heterocycles. The first-order valence-electron chi connectivity index (χ1n) is 5.17. The second-order valence-electron chi connectivity index (χ2n) is 3.69. The highest BCUT2D eigenvalue weighted by Gasteiger charge is 2.18. The minimum Gasteiger partial charge on any atom is -0.315 e. The Bertz CT molecular complexity index is 288. The Kier molecular flexibility index (Phi) is 3.63. The van der Waals surface area contributed by atoms with E-state index >= 15 is 0 Å². The number of nitrogens with zero attached hydrogens (tertiary/aromatic N) is 3. The largest absolute Gasteiger partial charge is 0.315 e. The van der Waals surface area contributed by atoms with Gasteiger partial charge in [-0.25, -0.2) is 9.67 Å². The van der Waals surface area contributed by atoms with Gasteiger partial charge in [-0.2, -0.15) is 5.10 Å². The number of rotatable bonds is 4. The molecule has 0 saturated heterocycles. The van der Waals surface area contributed by atoms with E-state index in [1.165, 1.54) is 0 Å². The molecule has 1 heterocycles. The second kappa shape index (κ2) is 4.55. The zero-order valence-electron chi connectivity index (χ0n) is 9.70. The van der Waals surface area contributed by atoms with Gasteiger partial charge in [-0.15, -0.1) is 0 Å². The van der Waals surface area contributed by atoms with Crippen molar-refractivity contribution in [3.63, 3.8) is 0 Å². The van der Waals surface area contributed by atoms with Gasteiger partial charge in [-0.05, 0) is 34.2 Å². The van der Waals surface area contributed by atoms with Crippen LogP contribution in [0, 0.1) is 13.8 Å². The summed E-state index contributed by atoms with van der Waals surface area (Å²) >= 11 is 0.